The zero-order chi connectivity index (χ0) is 21.8. The summed E-state index contributed by atoms with van der Waals surface area (Å²) in [6.07, 6.45) is 9.06. The van der Waals surface area contributed by atoms with E-state index in [0.29, 0.717) is 18.8 Å². The molecule has 1 aromatic carbocycles. The number of unbranched alkanes of at least 4 members (excludes halogenated alkanes) is 2. The van der Waals surface area contributed by atoms with Crippen LogP contribution in [0.5, 0.6) is 5.75 Å². The number of ether oxygens (including phenoxy) is 2. The highest BCUT2D eigenvalue weighted by molar-refractivity contribution is 5.84. The van der Waals surface area contributed by atoms with Gasteiger partial charge in [0.15, 0.2) is 0 Å². The number of esters is 1. The summed E-state index contributed by atoms with van der Waals surface area (Å²) in [4.78, 5) is 23.0. The molecule has 2 rings (SSSR count). The van der Waals surface area contributed by atoms with E-state index in [1.165, 1.54) is 6.92 Å². The SMILES string of the molecule is CC(=O)OCCCC/C=C\C[C@H]1C(=O)C[C@@H](O)[C@@H]1/C=C/[C@@H](O)COc1ccccc1. The molecule has 0 aromatic heterocycles. The summed E-state index contributed by atoms with van der Waals surface area (Å²) < 4.78 is 10.4. The fourth-order valence-electron chi connectivity index (χ4n) is 3.48. The molecule has 0 spiro atoms. The number of benzene rings is 1. The lowest BCUT2D eigenvalue weighted by atomic mass is 9.90. The maximum absolute atomic E-state index is 12.3. The van der Waals surface area contributed by atoms with E-state index in [-0.39, 0.29) is 36.6 Å². The van der Waals surface area contributed by atoms with Gasteiger partial charge in [0.05, 0.1) is 12.7 Å². The van der Waals surface area contributed by atoms with Crippen molar-refractivity contribution in [1.29, 1.82) is 0 Å². The first-order chi connectivity index (χ1) is 14.5. The summed E-state index contributed by atoms with van der Waals surface area (Å²) in [6, 6.07) is 9.23. The van der Waals surface area contributed by atoms with Crippen LogP contribution < -0.4 is 4.74 Å². The zero-order valence-electron chi connectivity index (χ0n) is 17.5. The minimum absolute atomic E-state index is 0.0479. The van der Waals surface area contributed by atoms with Crippen molar-refractivity contribution >= 4 is 11.8 Å². The molecular formula is C24H32O6. The Hall–Kier alpha value is -2.44. The number of Topliss-reactive ketones (excluding diaryl/α,β-unsaturated/α-hetero) is 1. The molecule has 1 aliphatic carbocycles. The number of para-hydroxylation sites is 1. The van der Waals surface area contributed by atoms with E-state index in [4.69, 9.17) is 9.47 Å². The lowest BCUT2D eigenvalue weighted by Crippen LogP contribution is -2.20. The summed E-state index contributed by atoms with van der Waals surface area (Å²) >= 11 is 0. The van der Waals surface area contributed by atoms with Crippen molar-refractivity contribution in [3.63, 3.8) is 0 Å². The molecule has 164 valence electrons. The van der Waals surface area contributed by atoms with Crippen LogP contribution in [-0.4, -0.2) is 47.4 Å². The molecule has 1 saturated carbocycles. The maximum Gasteiger partial charge on any atom is 0.302 e. The van der Waals surface area contributed by atoms with E-state index >= 15 is 0 Å². The minimum atomic E-state index is -0.818. The van der Waals surface area contributed by atoms with Gasteiger partial charge < -0.3 is 19.7 Å². The van der Waals surface area contributed by atoms with Gasteiger partial charge in [0.25, 0.3) is 0 Å². The number of allylic oxidation sites excluding steroid dienone is 2. The average molecular weight is 417 g/mol. The van der Waals surface area contributed by atoms with Gasteiger partial charge in [-0.15, -0.1) is 0 Å². The molecule has 0 aliphatic heterocycles. The number of hydrogen-bond acceptors (Lipinski definition) is 6. The molecule has 4 atom stereocenters. The van der Waals surface area contributed by atoms with Gasteiger partial charge in [-0.25, -0.2) is 0 Å². The van der Waals surface area contributed by atoms with Crippen LogP contribution in [0, 0.1) is 11.8 Å². The molecule has 6 nitrogen and oxygen atoms in total. The summed E-state index contributed by atoms with van der Waals surface area (Å²) in [5.41, 5.74) is 0. The molecule has 6 heteroatoms. The monoisotopic (exact) mass is 416 g/mol. The molecule has 2 N–H and O–H groups in total. The number of carbonyl (C=O) groups is 2. The Kier molecular flexibility index (Phi) is 10.3. The first kappa shape index (κ1) is 23.8. The standard InChI is InChI=1S/C24H32O6/c1-18(25)29-15-9-4-2-3-8-12-21-22(24(28)16-23(21)27)14-13-19(26)17-30-20-10-6-5-7-11-20/h3,5-8,10-11,13-14,19,21-22,24,26,28H,2,4,9,12,15-17H2,1H3/b8-3-,14-13+/t19-,21-,22-,24-/m1/s1. The maximum atomic E-state index is 12.3. The topological polar surface area (TPSA) is 93.1 Å². The minimum Gasteiger partial charge on any atom is -0.491 e. The molecule has 0 radical (unpaired) electrons. The number of rotatable bonds is 12. The fraction of sp³-hybridized carbons (Fsp3) is 0.500. The second-order valence-electron chi connectivity index (χ2n) is 7.54. The van der Waals surface area contributed by atoms with Crippen LogP contribution in [0.1, 0.15) is 39.0 Å². The third-order valence-electron chi connectivity index (χ3n) is 5.08. The number of hydrogen-bond donors (Lipinski definition) is 2. The zero-order valence-corrected chi connectivity index (χ0v) is 17.5. The van der Waals surface area contributed by atoms with Crippen LogP contribution in [0.25, 0.3) is 0 Å². The van der Waals surface area contributed by atoms with Crippen molar-refractivity contribution in [3.05, 3.63) is 54.6 Å². The van der Waals surface area contributed by atoms with Gasteiger partial charge >= 0.3 is 5.97 Å². The molecule has 30 heavy (non-hydrogen) atoms. The Balaban J connectivity index is 1.76. The summed E-state index contributed by atoms with van der Waals surface area (Å²) in [5.74, 6) is -0.128. The summed E-state index contributed by atoms with van der Waals surface area (Å²) in [7, 11) is 0. The summed E-state index contributed by atoms with van der Waals surface area (Å²) in [5, 5.41) is 20.4. The Morgan fingerprint density at radius 1 is 1.23 bits per heavy atom. The molecule has 1 fully saturated rings. The van der Waals surface area contributed by atoms with Gasteiger partial charge in [-0.1, -0.05) is 42.5 Å². The Labute approximate surface area is 178 Å². The Morgan fingerprint density at radius 2 is 2.00 bits per heavy atom. The van der Waals surface area contributed by atoms with Crippen molar-refractivity contribution in [1.82, 2.24) is 0 Å². The smallest absolute Gasteiger partial charge is 0.302 e. The van der Waals surface area contributed by atoms with Gasteiger partial charge in [-0.2, -0.15) is 0 Å². The van der Waals surface area contributed by atoms with Gasteiger partial charge in [0.2, 0.25) is 0 Å². The van der Waals surface area contributed by atoms with E-state index in [2.05, 4.69) is 0 Å². The number of aliphatic hydroxyl groups is 2. The van der Waals surface area contributed by atoms with E-state index in [0.717, 1.165) is 19.3 Å². The second-order valence-corrected chi connectivity index (χ2v) is 7.54. The second kappa shape index (κ2) is 13.0. The molecule has 0 saturated heterocycles. The molecule has 1 aromatic rings. The predicted molar refractivity (Wildman–Crippen MR) is 114 cm³/mol. The van der Waals surface area contributed by atoms with Crippen LogP contribution in [0.15, 0.2) is 54.6 Å². The average Bonchev–Trinajstić information content (AvgIpc) is 2.99. The molecule has 0 heterocycles. The third-order valence-corrected chi connectivity index (χ3v) is 5.08. The van der Waals surface area contributed by atoms with Gasteiger partial charge in [-0.05, 0) is 37.8 Å². The Morgan fingerprint density at radius 3 is 2.73 bits per heavy atom. The van der Waals surface area contributed by atoms with E-state index in [9.17, 15) is 19.8 Å². The molecule has 1 aliphatic rings. The van der Waals surface area contributed by atoms with Crippen LogP contribution in [0.3, 0.4) is 0 Å². The molecule has 0 amide bonds. The van der Waals surface area contributed by atoms with Crippen molar-refractivity contribution in [3.8, 4) is 5.75 Å². The largest absolute Gasteiger partial charge is 0.491 e. The van der Waals surface area contributed by atoms with Crippen LogP contribution in [-0.2, 0) is 14.3 Å². The molecule has 0 unspecified atom stereocenters. The van der Waals surface area contributed by atoms with Crippen molar-refractivity contribution in [2.45, 2.75) is 51.2 Å². The lowest BCUT2D eigenvalue weighted by Gasteiger charge is -2.17. The first-order valence-electron chi connectivity index (χ1n) is 10.5. The quantitative estimate of drug-likeness (QED) is 0.309. The Bertz CT molecular complexity index is 712. The number of aliphatic hydroxyl groups excluding tert-OH is 2. The highest BCUT2D eigenvalue weighted by atomic mass is 16.5. The van der Waals surface area contributed by atoms with Crippen molar-refractivity contribution in [2.75, 3.05) is 13.2 Å². The fourth-order valence-corrected chi connectivity index (χ4v) is 3.48. The highest BCUT2D eigenvalue weighted by Gasteiger charge is 2.39. The highest BCUT2D eigenvalue weighted by Crippen LogP contribution is 2.33. The first-order valence-corrected chi connectivity index (χ1v) is 10.5. The van der Waals surface area contributed by atoms with Crippen molar-refractivity contribution < 1.29 is 29.3 Å². The van der Waals surface area contributed by atoms with E-state index < -0.39 is 12.2 Å². The number of ketones is 1. The van der Waals surface area contributed by atoms with E-state index in [1.807, 2.05) is 42.5 Å². The lowest BCUT2D eigenvalue weighted by molar-refractivity contribution is -0.141. The van der Waals surface area contributed by atoms with Crippen LogP contribution in [0.4, 0.5) is 0 Å². The number of carbonyl (C=O) groups excluding carboxylic acids is 2. The van der Waals surface area contributed by atoms with Gasteiger partial charge in [-0.3, -0.25) is 9.59 Å². The van der Waals surface area contributed by atoms with E-state index in [1.54, 1.807) is 12.2 Å². The summed E-state index contributed by atoms with van der Waals surface area (Å²) in [6.45, 7) is 1.93. The van der Waals surface area contributed by atoms with Crippen LogP contribution >= 0.6 is 0 Å². The van der Waals surface area contributed by atoms with Crippen LogP contribution in [0.2, 0.25) is 0 Å². The van der Waals surface area contributed by atoms with Crippen molar-refractivity contribution in [2.24, 2.45) is 11.8 Å². The predicted octanol–water partition coefficient (Wildman–Crippen LogP) is 3.23. The molecular weight excluding hydrogens is 384 g/mol. The molecule has 0 bridgehead atoms. The third kappa shape index (κ3) is 8.51. The van der Waals surface area contributed by atoms with Gasteiger partial charge in [0, 0.05) is 25.2 Å². The normalized spacial score (nSPS) is 22.6. The van der Waals surface area contributed by atoms with Gasteiger partial charge in [0.1, 0.15) is 24.2 Å².